The SMILES string of the molecule is NCC(=O)NCc1cn(-c2cccc3ccccc23)nn1. The van der Waals surface area contributed by atoms with Crippen LogP contribution in [0.3, 0.4) is 0 Å². The lowest BCUT2D eigenvalue weighted by Gasteiger charge is -2.05. The molecule has 2 aromatic carbocycles. The minimum Gasteiger partial charge on any atom is -0.349 e. The highest BCUT2D eigenvalue weighted by molar-refractivity contribution is 5.89. The number of hydrogen-bond acceptors (Lipinski definition) is 4. The van der Waals surface area contributed by atoms with Crippen molar-refractivity contribution in [1.82, 2.24) is 20.3 Å². The average Bonchev–Trinajstić information content (AvgIpc) is 3.00. The van der Waals surface area contributed by atoms with Gasteiger partial charge < -0.3 is 11.1 Å². The maximum atomic E-state index is 11.1. The molecule has 6 heteroatoms. The molecule has 1 aromatic heterocycles. The third-order valence-corrected chi connectivity index (χ3v) is 3.21. The van der Waals surface area contributed by atoms with Crippen LogP contribution in [0.4, 0.5) is 0 Å². The number of amides is 1. The molecule has 0 aliphatic heterocycles. The molecule has 0 saturated heterocycles. The summed E-state index contributed by atoms with van der Waals surface area (Å²) in [6.07, 6.45) is 1.80. The van der Waals surface area contributed by atoms with Gasteiger partial charge in [-0.15, -0.1) is 5.10 Å². The summed E-state index contributed by atoms with van der Waals surface area (Å²) in [5.41, 5.74) is 6.88. The Bertz CT molecular complexity index is 775. The minimum absolute atomic E-state index is 0.0303. The molecule has 0 aliphatic rings. The van der Waals surface area contributed by atoms with Crippen LogP contribution in [0.1, 0.15) is 5.69 Å². The Kier molecular flexibility index (Phi) is 3.61. The number of benzene rings is 2. The second kappa shape index (κ2) is 5.72. The Labute approximate surface area is 121 Å². The van der Waals surface area contributed by atoms with E-state index in [0.717, 1.165) is 16.5 Å². The molecule has 3 aromatic rings. The minimum atomic E-state index is -0.213. The van der Waals surface area contributed by atoms with Gasteiger partial charge in [0.25, 0.3) is 0 Å². The van der Waals surface area contributed by atoms with Crippen molar-refractivity contribution in [3.63, 3.8) is 0 Å². The Morgan fingerprint density at radius 3 is 2.86 bits per heavy atom. The van der Waals surface area contributed by atoms with Crippen LogP contribution in [0.15, 0.2) is 48.7 Å². The number of rotatable bonds is 4. The van der Waals surface area contributed by atoms with E-state index in [1.165, 1.54) is 0 Å². The number of nitrogens with two attached hydrogens (primary N) is 1. The predicted octanol–water partition coefficient (Wildman–Crippen LogP) is 0.995. The van der Waals surface area contributed by atoms with Gasteiger partial charge in [-0.1, -0.05) is 41.6 Å². The maximum Gasteiger partial charge on any atom is 0.234 e. The smallest absolute Gasteiger partial charge is 0.234 e. The first-order valence-corrected chi connectivity index (χ1v) is 6.64. The quantitative estimate of drug-likeness (QED) is 0.747. The molecule has 0 bridgehead atoms. The number of hydrogen-bond donors (Lipinski definition) is 2. The van der Waals surface area contributed by atoms with Crippen LogP contribution in [0, 0.1) is 0 Å². The summed E-state index contributed by atoms with van der Waals surface area (Å²) in [7, 11) is 0. The van der Waals surface area contributed by atoms with Crippen LogP contribution in [-0.2, 0) is 11.3 Å². The van der Waals surface area contributed by atoms with Gasteiger partial charge in [-0.3, -0.25) is 4.79 Å². The summed E-state index contributed by atoms with van der Waals surface area (Å²) < 4.78 is 1.71. The monoisotopic (exact) mass is 281 g/mol. The third kappa shape index (κ3) is 2.75. The van der Waals surface area contributed by atoms with Crippen molar-refractivity contribution in [2.75, 3.05) is 6.54 Å². The second-order valence-corrected chi connectivity index (χ2v) is 4.63. The summed E-state index contributed by atoms with van der Waals surface area (Å²) in [6, 6.07) is 14.1. The maximum absolute atomic E-state index is 11.1. The summed E-state index contributed by atoms with van der Waals surface area (Å²) in [6.45, 7) is 0.290. The van der Waals surface area contributed by atoms with Crippen LogP contribution in [0.2, 0.25) is 0 Å². The van der Waals surface area contributed by atoms with Crippen molar-refractivity contribution in [3.05, 3.63) is 54.4 Å². The molecule has 1 amide bonds. The summed E-state index contributed by atoms with van der Waals surface area (Å²) in [5.74, 6) is -0.213. The highest BCUT2D eigenvalue weighted by Crippen LogP contribution is 2.21. The predicted molar refractivity (Wildman–Crippen MR) is 79.8 cm³/mol. The van der Waals surface area contributed by atoms with E-state index in [4.69, 9.17) is 5.73 Å². The van der Waals surface area contributed by atoms with Gasteiger partial charge in [0.15, 0.2) is 0 Å². The summed E-state index contributed by atoms with van der Waals surface area (Å²) >= 11 is 0. The van der Waals surface area contributed by atoms with Crippen molar-refractivity contribution in [2.24, 2.45) is 5.73 Å². The zero-order valence-corrected chi connectivity index (χ0v) is 11.4. The van der Waals surface area contributed by atoms with E-state index in [2.05, 4.69) is 27.8 Å². The van der Waals surface area contributed by atoms with Gasteiger partial charge in [-0.25, -0.2) is 4.68 Å². The van der Waals surface area contributed by atoms with Crippen molar-refractivity contribution in [2.45, 2.75) is 6.54 Å². The Morgan fingerprint density at radius 2 is 2.00 bits per heavy atom. The molecule has 0 fully saturated rings. The molecule has 0 atom stereocenters. The Morgan fingerprint density at radius 1 is 1.19 bits per heavy atom. The van der Waals surface area contributed by atoms with Crippen LogP contribution in [0.5, 0.6) is 0 Å². The number of aromatic nitrogens is 3. The molecule has 0 unspecified atom stereocenters. The molecule has 3 rings (SSSR count). The van der Waals surface area contributed by atoms with Gasteiger partial charge in [0.2, 0.25) is 5.91 Å². The second-order valence-electron chi connectivity index (χ2n) is 4.63. The number of nitrogens with one attached hydrogen (secondary N) is 1. The Balaban J connectivity index is 1.90. The molecule has 0 saturated carbocycles. The molecule has 1 heterocycles. The zero-order valence-electron chi connectivity index (χ0n) is 11.4. The van der Waals surface area contributed by atoms with Gasteiger partial charge in [0, 0.05) is 5.39 Å². The van der Waals surface area contributed by atoms with E-state index < -0.39 is 0 Å². The average molecular weight is 281 g/mol. The van der Waals surface area contributed by atoms with Crippen LogP contribution < -0.4 is 11.1 Å². The number of carbonyl (C=O) groups excluding carboxylic acids is 1. The van der Waals surface area contributed by atoms with E-state index >= 15 is 0 Å². The molecule has 21 heavy (non-hydrogen) atoms. The standard InChI is InChI=1S/C15H15N5O/c16-8-15(21)17-9-12-10-20(19-18-12)14-7-3-5-11-4-1-2-6-13(11)14/h1-7,10H,8-9,16H2,(H,17,21). The first-order chi connectivity index (χ1) is 10.3. The molecular formula is C15H15N5O. The van der Waals surface area contributed by atoms with Crippen LogP contribution >= 0.6 is 0 Å². The fourth-order valence-corrected chi connectivity index (χ4v) is 2.17. The normalized spacial score (nSPS) is 10.7. The van der Waals surface area contributed by atoms with Gasteiger partial charge >= 0.3 is 0 Å². The highest BCUT2D eigenvalue weighted by Gasteiger charge is 2.07. The summed E-state index contributed by atoms with van der Waals surface area (Å²) in [5, 5.41) is 13.1. The van der Waals surface area contributed by atoms with Crippen LogP contribution in [0.25, 0.3) is 16.5 Å². The number of fused-ring (bicyclic) bond motifs is 1. The van der Waals surface area contributed by atoms with E-state index in [9.17, 15) is 4.79 Å². The van der Waals surface area contributed by atoms with E-state index in [0.29, 0.717) is 12.2 Å². The number of carbonyl (C=O) groups is 1. The third-order valence-electron chi connectivity index (χ3n) is 3.21. The van der Waals surface area contributed by atoms with Crippen LogP contribution in [-0.4, -0.2) is 27.4 Å². The van der Waals surface area contributed by atoms with Crippen molar-refractivity contribution >= 4 is 16.7 Å². The molecule has 3 N–H and O–H groups in total. The van der Waals surface area contributed by atoms with Crippen molar-refractivity contribution < 1.29 is 4.79 Å². The zero-order chi connectivity index (χ0) is 14.7. The van der Waals surface area contributed by atoms with E-state index in [1.807, 2.05) is 30.3 Å². The van der Waals surface area contributed by atoms with Crippen molar-refractivity contribution in [1.29, 1.82) is 0 Å². The van der Waals surface area contributed by atoms with Gasteiger partial charge in [0.1, 0.15) is 5.69 Å². The fourth-order valence-electron chi connectivity index (χ4n) is 2.17. The Hall–Kier alpha value is -2.73. The van der Waals surface area contributed by atoms with Gasteiger partial charge in [-0.05, 0) is 11.5 Å². The van der Waals surface area contributed by atoms with E-state index in [1.54, 1.807) is 10.9 Å². The lowest BCUT2D eigenvalue weighted by atomic mass is 10.1. The molecule has 106 valence electrons. The molecule has 0 aliphatic carbocycles. The summed E-state index contributed by atoms with van der Waals surface area (Å²) in [4.78, 5) is 11.1. The van der Waals surface area contributed by atoms with Gasteiger partial charge in [-0.2, -0.15) is 0 Å². The van der Waals surface area contributed by atoms with E-state index in [-0.39, 0.29) is 12.5 Å². The largest absolute Gasteiger partial charge is 0.349 e. The first kappa shape index (κ1) is 13.3. The lowest BCUT2D eigenvalue weighted by Crippen LogP contribution is -2.29. The fraction of sp³-hybridized carbons (Fsp3) is 0.133. The molecule has 0 radical (unpaired) electrons. The highest BCUT2D eigenvalue weighted by atomic mass is 16.1. The molecular weight excluding hydrogens is 266 g/mol. The molecule has 0 spiro atoms. The van der Waals surface area contributed by atoms with Crippen molar-refractivity contribution in [3.8, 4) is 5.69 Å². The first-order valence-electron chi connectivity index (χ1n) is 6.64. The topological polar surface area (TPSA) is 85.8 Å². The lowest BCUT2D eigenvalue weighted by molar-refractivity contribution is -0.119. The molecule has 6 nitrogen and oxygen atoms in total. The van der Waals surface area contributed by atoms with Gasteiger partial charge in [0.05, 0.1) is 25.0 Å². The number of nitrogens with zero attached hydrogens (tertiary/aromatic N) is 3.